The molecule has 1 aromatic heterocycles. The van der Waals surface area contributed by atoms with Crippen molar-refractivity contribution in [2.75, 3.05) is 11.9 Å². The fourth-order valence-corrected chi connectivity index (χ4v) is 2.74. The van der Waals surface area contributed by atoms with Crippen molar-refractivity contribution in [2.24, 2.45) is 0 Å². The Kier molecular flexibility index (Phi) is 5.37. The minimum atomic E-state index is -0.215. The molecule has 0 aliphatic heterocycles. The molecule has 0 saturated heterocycles. The highest BCUT2D eigenvalue weighted by Gasteiger charge is 2.22. The second-order valence-corrected chi connectivity index (χ2v) is 5.97. The molecule has 0 atom stereocenters. The topological polar surface area (TPSA) is 74.2 Å². The Morgan fingerprint density at radius 1 is 1.45 bits per heavy atom. The van der Waals surface area contributed by atoms with E-state index in [1.165, 1.54) is 0 Å². The molecule has 1 amide bonds. The number of carbonyl (C=O) groups is 1. The number of halogens is 1. The van der Waals surface area contributed by atoms with Gasteiger partial charge in [-0.25, -0.2) is 4.98 Å². The van der Waals surface area contributed by atoms with Crippen LogP contribution >= 0.6 is 15.9 Å². The van der Waals surface area contributed by atoms with Crippen molar-refractivity contribution >= 4 is 27.7 Å². The number of amides is 1. The minimum Gasteiger partial charge on any atom is -0.393 e. The number of aliphatic hydroxyl groups is 1. The Hall–Kier alpha value is -1.14. The quantitative estimate of drug-likeness (QED) is 0.785. The number of rotatable bonds is 4. The lowest BCUT2D eigenvalue weighted by Crippen LogP contribution is -2.38. The van der Waals surface area contributed by atoms with Gasteiger partial charge >= 0.3 is 0 Å². The van der Waals surface area contributed by atoms with Crippen molar-refractivity contribution in [3.8, 4) is 0 Å². The second-order valence-electron chi connectivity index (χ2n) is 5.06. The van der Waals surface area contributed by atoms with E-state index in [0.29, 0.717) is 17.9 Å². The van der Waals surface area contributed by atoms with Gasteiger partial charge in [-0.1, -0.05) is 0 Å². The number of pyridine rings is 1. The summed E-state index contributed by atoms with van der Waals surface area (Å²) in [6.45, 7) is 2.68. The Morgan fingerprint density at radius 3 is 2.80 bits per heavy atom. The lowest BCUT2D eigenvalue weighted by Gasteiger charge is -2.26. The number of aromatic nitrogens is 1. The van der Waals surface area contributed by atoms with Crippen molar-refractivity contribution in [1.82, 2.24) is 10.3 Å². The first-order valence-electron chi connectivity index (χ1n) is 6.98. The van der Waals surface area contributed by atoms with Gasteiger partial charge < -0.3 is 15.7 Å². The predicted octanol–water partition coefficient (Wildman–Crippen LogP) is 2.31. The third kappa shape index (κ3) is 3.93. The second kappa shape index (κ2) is 7.04. The highest BCUT2D eigenvalue weighted by atomic mass is 79.9. The van der Waals surface area contributed by atoms with Gasteiger partial charge in [-0.05, 0) is 54.6 Å². The molecule has 0 aromatic carbocycles. The van der Waals surface area contributed by atoms with Gasteiger partial charge in [-0.2, -0.15) is 0 Å². The van der Waals surface area contributed by atoms with Crippen LogP contribution in [0.4, 0.5) is 5.82 Å². The number of nitrogens with zero attached hydrogens (tertiary/aromatic N) is 1. The summed E-state index contributed by atoms with van der Waals surface area (Å²) < 4.78 is 0.781. The van der Waals surface area contributed by atoms with E-state index in [1.807, 2.05) is 6.92 Å². The summed E-state index contributed by atoms with van der Waals surface area (Å²) in [6, 6.07) is 1.91. The van der Waals surface area contributed by atoms with Crippen LogP contribution in [0.2, 0.25) is 0 Å². The predicted molar refractivity (Wildman–Crippen MR) is 81.8 cm³/mol. The zero-order chi connectivity index (χ0) is 14.5. The van der Waals surface area contributed by atoms with Crippen LogP contribution in [0, 0.1) is 0 Å². The molecule has 0 radical (unpaired) electrons. The molecule has 1 heterocycles. The van der Waals surface area contributed by atoms with Crippen LogP contribution in [-0.2, 0) is 0 Å². The number of aliphatic hydroxyl groups excluding tert-OH is 1. The van der Waals surface area contributed by atoms with Gasteiger partial charge in [0.1, 0.15) is 5.82 Å². The molecule has 0 bridgehead atoms. The molecule has 2 rings (SSSR count). The standard InChI is InChI=1S/C14H20BrN3O2/c1-2-16-13-12(7-9(15)8-17-13)14(20)18-10-3-5-11(19)6-4-10/h7-8,10-11,19H,2-6H2,1H3,(H,16,17)(H,18,20). The van der Waals surface area contributed by atoms with Crippen molar-refractivity contribution in [3.63, 3.8) is 0 Å². The summed E-state index contributed by atoms with van der Waals surface area (Å²) in [5.41, 5.74) is 0.548. The lowest BCUT2D eigenvalue weighted by atomic mass is 9.93. The molecule has 0 spiro atoms. The van der Waals surface area contributed by atoms with E-state index < -0.39 is 0 Å². The number of hydrogen-bond acceptors (Lipinski definition) is 4. The maximum atomic E-state index is 12.4. The van der Waals surface area contributed by atoms with Crippen LogP contribution in [0.5, 0.6) is 0 Å². The molecule has 0 unspecified atom stereocenters. The van der Waals surface area contributed by atoms with Crippen LogP contribution in [0.1, 0.15) is 43.0 Å². The SMILES string of the molecule is CCNc1ncc(Br)cc1C(=O)NC1CCC(O)CC1. The third-order valence-corrected chi connectivity index (χ3v) is 3.91. The van der Waals surface area contributed by atoms with E-state index in [0.717, 1.165) is 30.2 Å². The van der Waals surface area contributed by atoms with E-state index in [9.17, 15) is 9.90 Å². The molecule has 20 heavy (non-hydrogen) atoms. The maximum absolute atomic E-state index is 12.4. The van der Waals surface area contributed by atoms with E-state index in [-0.39, 0.29) is 18.1 Å². The zero-order valence-corrected chi connectivity index (χ0v) is 13.1. The van der Waals surface area contributed by atoms with Gasteiger partial charge in [0.2, 0.25) is 0 Å². The molecular weight excluding hydrogens is 322 g/mol. The molecule has 110 valence electrons. The van der Waals surface area contributed by atoms with Crippen LogP contribution in [0.25, 0.3) is 0 Å². The highest BCUT2D eigenvalue weighted by Crippen LogP contribution is 2.21. The molecule has 5 nitrogen and oxygen atoms in total. The summed E-state index contributed by atoms with van der Waals surface area (Å²) in [5.74, 6) is 0.486. The normalized spacial score (nSPS) is 22.4. The number of anilines is 1. The van der Waals surface area contributed by atoms with Gasteiger partial charge in [0.15, 0.2) is 0 Å². The number of carbonyl (C=O) groups excluding carboxylic acids is 1. The van der Waals surface area contributed by atoms with Crippen LogP contribution in [0.15, 0.2) is 16.7 Å². The first-order valence-corrected chi connectivity index (χ1v) is 7.77. The number of nitrogens with one attached hydrogen (secondary N) is 2. The van der Waals surface area contributed by atoms with Gasteiger partial charge in [0.25, 0.3) is 5.91 Å². The molecule has 1 aliphatic carbocycles. The Morgan fingerprint density at radius 2 is 2.15 bits per heavy atom. The molecule has 1 aromatic rings. The summed E-state index contributed by atoms with van der Waals surface area (Å²) in [6.07, 6.45) is 4.61. The average molecular weight is 342 g/mol. The molecule has 1 fully saturated rings. The summed E-state index contributed by atoms with van der Waals surface area (Å²) in [4.78, 5) is 16.6. The van der Waals surface area contributed by atoms with Crippen LogP contribution < -0.4 is 10.6 Å². The highest BCUT2D eigenvalue weighted by molar-refractivity contribution is 9.10. The van der Waals surface area contributed by atoms with Crippen molar-refractivity contribution < 1.29 is 9.90 Å². The summed E-state index contributed by atoms with van der Waals surface area (Å²) in [5, 5.41) is 15.6. The molecule has 1 saturated carbocycles. The molecule has 1 aliphatic rings. The van der Waals surface area contributed by atoms with Gasteiger partial charge in [0.05, 0.1) is 11.7 Å². The largest absolute Gasteiger partial charge is 0.393 e. The Labute approximate surface area is 127 Å². The van der Waals surface area contributed by atoms with E-state index in [4.69, 9.17) is 0 Å². The van der Waals surface area contributed by atoms with Crippen molar-refractivity contribution in [2.45, 2.75) is 44.8 Å². The van der Waals surface area contributed by atoms with Crippen molar-refractivity contribution in [1.29, 1.82) is 0 Å². The zero-order valence-electron chi connectivity index (χ0n) is 11.5. The van der Waals surface area contributed by atoms with E-state index in [2.05, 4.69) is 31.5 Å². The number of hydrogen-bond donors (Lipinski definition) is 3. The Balaban J connectivity index is 2.06. The van der Waals surface area contributed by atoms with Crippen LogP contribution in [0.3, 0.4) is 0 Å². The third-order valence-electron chi connectivity index (χ3n) is 3.48. The van der Waals surface area contributed by atoms with E-state index >= 15 is 0 Å². The van der Waals surface area contributed by atoms with Gasteiger partial charge in [-0.3, -0.25) is 4.79 Å². The molecule has 6 heteroatoms. The Bertz CT molecular complexity index is 473. The maximum Gasteiger partial charge on any atom is 0.255 e. The fraction of sp³-hybridized carbons (Fsp3) is 0.571. The van der Waals surface area contributed by atoms with E-state index in [1.54, 1.807) is 12.3 Å². The minimum absolute atomic E-state index is 0.115. The monoisotopic (exact) mass is 341 g/mol. The average Bonchev–Trinajstić information content (AvgIpc) is 2.43. The smallest absolute Gasteiger partial charge is 0.255 e. The molecular formula is C14H20BrN3O2. The van der Waals surface area contributed by atoms with Crippen LogP contribution in [-0.4, -0.2) is 34.7 Å². The van der Waals surface area contributed by atoms with Gasteiger partial charge in [0, 0.05) is 23.3 Å². The van der Waals surface area contributed by atoms with Crippen molar-refractivity contribution in [3.05, 3.63) is 22.3 Å². The van der Waals surface area contributed by atoms with Gasteiger partial charge in [-0.15, -0.1) is 0 Å². The fourth-order valence-electron chi connectivity index (χ4n) is 2.40. The lowest BCUT2D eigenvalue weighted by molar-refractivity contribution is 0.0868. The first kappa shape index (κ1) is 15.3. The molecule has 3 N–H and O–H groups in total. The summed E-state index contributed by atoms with van der Waals surface area (Å²) in [7, 11) is 0. The summed E-state index contributed by atoms with van der Waals surface area (Å²) >= 11 is 3.35. The first-order chi connectivity index (χ1) is 9.60.